The maximum atomic E-state index is 12.1. The van der Waals surface area contributed by atoms with Crippen molar-refractivity contribution in [1.82, 2.24) is 4.90 Å². The zero-order valence-corrected chi connectivity index (χ0v) is 11.1. The highest BCUT2D eigenvalue weighted by atomic mass is 16.4. The second-order valence-electron chi connectivity index (χ2n) is 5.21. The summed E-state index contributed by atoms with van der Waals surface area (Å²) in [5.41, 5.74) is 0.799. The van der Waals surface area contributed by atoms with E-state index in [0.29, 0.717) is 11.5 Å². The van der Waals surface area contributed by atoms with Crippen molar-refractivity contribution in [2.45, 2.75) is 25.7 Å². The van der Waals surface area contributed by atoms with E-state index in [-0.39, 0.29) is 17.9 Å². The second kappa shape index (κ2) is 5.87. The zero-order chi connectivity index (χ0) is 13.8. The molecule has 0 bridgehead atoms. The number of hydrogen-bond donors (Lipinski definition) is 1. The molecule has 0 saturated heterocycles. The number of nitrogens with zero attached hydrogens (tertiary/aromatic N) is 1. The minimum Gasteiger partial charge on any atom is -0.478 e. The second-order valence-corrected chi connectivity index (χ2v) is 5.21. The zero-order valence-electron chi connectivity index (χ0n) is 11.1. The van der Waals surface area contributed by atoms with Crippen molar-refractivity contribution in [2.75, 3.05) is 13.6 Å². The van der Waals surface area contributed by atoms with Crippen LogP contribution in [0.4, 0.5) is 0 Å². The SMILES string of the molecule is CN(CC1CCC1)C(=O)Cc1ccccc1C(=O)O. The summed E-state index contributed by atoms with van der Waals surface area (Å²) in [6.07, 6.45) is 3.81. The molecule has 0 aliphatic heterocycles. The van der Waals surface area contributed by atoms with Gasteiger partial charge in [-0.3, -0.25) is 4.79 Å². The number of carbonyl (C=O) groups is 2. The van der Waals surface area contributed by atoms with Crippen LogP contribution in [0.15, 0.2) is 24.3 Å². The highest BCUT2D eigenvalue weighted by Crippen LogP contribution is 2.26. The summed E-state index contributed by atoms with van der Waals surface area (Å²) >= 11 is 0. The lowest BCUT2D eigenvalue weighted by atomic mass is 9.85. The van der Waals surface area contributed by atoms with Gasteiger partial charge >= 0.3 is 5.97 Å². The summed E-state index contributed by atoms with van der Waals surface area (Å²) in [6, 6.07) is 6.69. The largest absolute Gasteiger partial charge is 0.478 e. The Morgan fingerprint density at radius 2 is 2.00 bits per heavy atom. The molecule has 102 valence electrons. The van der Waals surface area contributed by atoms with Crippen molar-refractivity contribution >= 4 is 11.9 Å². The normalized spacial score (nSPS) is 14.8. The summed E-state index contributed by atoms with van der Waals surface area (Å²) in [5, 5.41) is 9.08. The van der Waals surface area contributed by atoms with Gasteiger partial charge in [-0.05, 0) is 30.4 Å². The highest BCUT2D eigenvalue weighted by molar-refractivity contribution is 5.91. The van der Waals surface area contributed by atoms with Crippen LogP contribution in [0.5, 0.6) is 0 Å². The Kier molecular flexibility index (Phi) is 4.20. The van der Waals surface area contributed by atoms with E-state index in [9.17, 15) is 9.59 Å². The first-order valence-electron chi connectivity index (χ1n) is 6.63. The molecule has 1 N–H and O–H groups in total. The molecule has 1 aromatic rings. The summed E-state index contributed by atoms with van der Waals surface area (Å²) in [4.78, 5) is 24.9. The molecule has 0 radical (unpaired) electrons. The number of amides is 1. The van der Waals surface area contributed by atoms with E-state index in [4.69, 9.17) is 5.11 Å². The number of rotatable bonds is 5. The molecule has 0 atom stereocenters. The Hall–Kier alpha value is -1.84. The highest BCUT2D eigenvalue weighted by Gasteiger charge is 2.22. The monoisotopic (exact) mass is 261 g/mol. The third-order valence-electron chi connectivity index (χ3n) is 3.77. The van der Waals surface area contributed by atoms with Gasteiger partial charge < -0.3 is 10.0 Å². The number of carboxylic acid groups (broad SMARTS) is 1. The molecule has 4 heteroatoms. The molecule has 1 aromatic carbocycles. The van der Waals surface area contributed by atoms with Crippen molar-refractivity contribution in [3.63, 3.8) is 0 Å². The van der Waals surface area contributed by atoms with Crippen LogP contribution in [0.3, 0.4) is 0 Å². The maximum absolute atomic E-state index is 12.1. The molecule has 1 saturated carbocycles. The minimum absolute atomic E-state index is 0.0133. The Morgan fingerprint density at radius 3 is 2.58 bits per heavy atom. The molecule has 0 unspecified atom stereocenters. The third-order valence-corrected chi connectivity index (χ3v) is 3.77. The van der Waals surface area contributed by atoms with Crippen LogP contribution in [0, 0.1) is 5.92 Å². The number of likely N-dealkylation sites (N-methyl/N-ethyl adjacent to an activating group) is 1. The van der Waals surface area contributed by atoms with Crippen molar-refractivity contribution in [3.05, 3.63) is 35.4 Å². The first-order valence-corrected chi connectivity index (χ1v) is 6.63. The third kappa shape index (κ3) is 3.34. The fourth-order valence-electron chi connectivity index (χ4n) is 2.35. The molecule has 2 rings (SSSR count). The Bertz CT molecular complexity index is 480. The van der Waals surface area contributed by atoms with E-state index in [1.54, 1.807) is 30.1 Å². The lowest BCUT2D eigenvalue weighted by molar-refractivity contribution is -0.130. The van der Waals surface area contributed by atoms with Crippen LogP contribution in [0.25, 0.3) is 0 Å². The van der Waals surface area contributed by atoms with Crippen LogP contribution in [-0.2, 0) is 11.2 Å². The topological polar surface area (TPSA) is 57.6 Å². The molecule has 1 fully saturated rings. The van der Waals surface area contributed by atoms with Gasteiger partial charge in [-0.15, -0.1) is 0 Å². The Labute approximate surface area is 113 Å². The van der Waals surface area contributed by atoms with Gasteiger partial charge in [-0.2, -0.15) is 0 Å². The smallest absolute Gasteiger partial charge is 0.335 e. The molecule has 0 spiro atoms. The number of hydrogen-bond acceptors (Lipinski definition) is 2. The van der Waals surface area contributed by atoms with E-state index in [1.807, 2.05) is 0 Å². The molecule has 4 nitrogen and oxygen atoms in total. The first-order chi connectivity index (χ1) is 9.08. The van der Waals surface area contributed by atoms with Gasteiger partial charge in [0.05, 0.1) is 12.0 Å². The van der Waals surface area contributed by atoms with E-state index in [1.165, 1.54) is 25.3 Å². The summed E-state index contributed by atoms with van der Waals surface area (Å²) < 4.78 is 0. The molecule has 1 aliphatic rings. The molecule has 1 amide bonds. The standard InChI is InChI=1S/C15H19NO3/c1-16(10-11-5-4-6-11)14(17)9-12-7-2-3-8-13(12)15(18)19/h2-3,7-8,11H,4-6,9-10H2,1H3,(H,18,19). The van der Waals surface area contributed by atoms with E-state index < -0.39 is 5.97 Å². The predicted octanol–water partition coefficient (Wildman–Crippen LogP) is 2.19. The Morgan fingerprint density at radius 1 is 1.32 bits per heavy atom. The van der Waals surface area contributed by atoms with Gasteiger partial charge in [0, 0.05) is 13.6 Å². The quantitative estimate of drug-likeness (QED) is 0.884. The van der Waals surface area contributed by atoms with Crippen molar-refractivity contribution in [1.29, 1.82) is 0 Å². The van der Waals surface area contributed by atoms with E-state index in [2.05, 4.69) is 0 Å². The average Bonchev–Trinajstić information content (AvgIpc) is 2.33. The van der Waals surface area contributed by atoms with Gasteiger partial charge in [0.1, 0.15) is 0 Å². The van der Waals surface area contributed by atoms with Gasteiger partial charge in [-0.25, -0.2) is 4.79 Å². The minimum atomic E-state index is -0.981. The molecule has 0 heterocycles. The van der Waals surface area contributed by atoms with Gasteiger partial charge in [0.25, 0.3) is 0 Å². The predicted molar refractivity (Wildman–Crippen MR) is 72.1 cm³/mol. The maximum Gasteiger partial charge on any atom is 0.335 e. The number of carboxylic acids is 1. The first kappa shape index (κ1) is 13.6. The van der Waals surface area contributed by atoms with E-state index in [0.717, 1.165) is 6.54 Å². The summed E-state index contributed by atoms with van der Waals surface area (Å²) in [6.45, 7) is 0.786. The fourth-order valence-corrected chi connectivity index (χ4v) is 2.35. The van der Waals surface area contributed by atoms with Crippen molar-refractivity contribution in [2.24, 2.45) is 5.92 Å². The Balaban J connectivity index is 1.99. The lowest BCUT2D eigenvalue weighted by Crippen LogP contribution is -2.35. The lowest BCUT2D eigenvalue weighted by Gasteiger charge is -2.30. The summed E-state index contributed by atoms with van der Waals surface area (Å²) in [5.74, 6) is -0.366. The molecule has 1 aliphatic carbocycles. The van der Waals surface area contributed by atoms with E-state index >= 15 is 0 Å². The van der Waals surface area contributed by atoms with Gasteiger partial charge in [-0.1, -0.05) is 24.6 Å². The molecular weight excluding hydrogens is 242 g/mol. The van der Waals surface area contributed by atoms with Gasteiger partial charge in [0.15, 0.2) is 0 Å². The molecule has 0 aromatic heterocycles. The van der Waals surface area contributed by atoms with Crippen LogP contribution < -0.4 is 0 Å². The number of carbonyl (C=O) groups excluding carboxylic acids is 1. The number of benzene rings is 1. The van der Waals surface area contributed by atoms with Gasteiger partial charge in [0.2, 0.25) is 5.91 Å². The van der Waals surface area contributed by atoms with Crippen LogP contribution in [0.1, 0.15) is 35.2 Å². The summed E-state index contributed by atoms with van der Waals surface area (Å²) in [7, 11) is 1.80. The van der Waals surface area contributed by atoms with Crippen LogP contribution in [-0.4, -0.2) is 35.5 Å². The number of aromatic carboxylic acids is 1. The van der Waals surface area contributed by atoms with Crippen molar-refractivity contribution < 1.29 is 14.7 Å². The van der Waals surface area contributed by atoms with Crippen LogP contribution >= 0.6 is 0 Å². The molecular formula is C15H19NO3. The fraction of sp³-hybridized carbons (Fsp3) is 0.467. The van der Waals surface area contributed by atoms with Crippen LogP contribution in [0.2, 0.25) is 0 Å². The average molecular weight is 261 g/mol. The molecule has 19 heavy (non-hydrogen) atoms. The van der Waals surface area contributed by atoms with Crippen molar-refractivity contribution in [3.8, 4) is 0 Å².